The van der Waals surface area contributed by atoms with Gasteiger partial charge < -0.3 is 0 Å². The first-order valence-electron chi connectivity index (χ1n) is 4.23. The SMILES string of the molecule is CC(=O)c1cc(Cl)cc2cccnc12. The molecule has 0 radical (unpaired) electrons. The molecule has 0 aliphatic carbocycles. The van der Waals surface area contributed by atoms with Crippen LogP contribution in [0.4, 0.5) is 0 Å². The number of halogens is 1. The molecule has 0 bridgehead atoms. The number of rotatable bonds is 1. The second-order valence-corrected chi connectivity index (χ2v) is 3.52. The average Bonchev–Trinajstić information content (AvgIpc) is 2.16. The van der Waals surface area contributed by atoms with Crippen LogP contribution in [0.25, 0.3) is 10.9 Å². The average molecular weight is 206 g/mol. The number of benzene rings is 1. The molecule has 3 heteroatoms. The molecule has 0 fully saturated rings. The number of hydrogen-bond acceptors (Lipinski definition) is 2. The van der Waals surface area contributed by atoms with Gasteiger partial charge in [-0.2, -0.15) is 0 Å². The highest BCUT2D eigenvalue weighted by molar-refractivity contribution is 6.32. The van der Waals surface area contributed by atoms with Gasteiger partial charge in [0, 0.05) is 22.2 Å². The van der Waals surface area contributed by atoms with Gasteiger partial charge in [0.25, 0.3) is 0 Å². The second-order valence-electron chi connectivity index (χ2n) is 3.08. The molecule has 0 amide bonds. The van der Waals surface area contributed by atoms with Gasteiger partial charge in [0.2, 0.25) is 0 Å². The van der Waals surface area contributed by atoms with Crippen LogP contribution < -0.4 is 0 Å². The third kappa shape index (κ3) is 1.49. The number of fused-ring (bicyclic) bond motifs is 1. The monoisotopic (exact) mass is 205 g/mol. The van der Waals surface area contributed by atoms with Crippen molar-refractivity contribution in [3.8, 4) is 0 Å². The lowest BCUT2D eigenvalue weighted by Gasteiger charge is -2.02. The fourth-order valence-electron chi connectivity index (χ4n) is 1.42. The normalized spacial score (nSPS) is 10.4. The van der Waals surface area contributed by atoms with E-state index in [0.29, 0.717) is 16.1 Å². The maximum Gasteiger partial charge on any atom is 0.162 e. The van der Waals surface area contributed by atoms with Gasteiger partial charge in [-0.3, -0.25) is 9.78 Å². The summed E-state index contributed by atoms with van der Waals surface area (Å²) in [6, 6.07) is 7.17. The van der Waals surface area contributed by atoms with Gasteiger partial charge in [-0.05, 0) is 25.1 Å². The minimum absolute atomic E-state index is 0.0174. The van der Waals surface area contributed by atoms with Crippen molar-refractivity contribution in [1.82, 2.24) is 4.98 Å². The molecule has 0 unspecified atom stereocenters. The van der Waals surface area contributed by atoms with Gasteiger partial charge in [0.05, 0.1) is 5.52 Å². The molecule has 2 nitrogen and oxygen atoms in total. The van der Waals surface area contributed by atoms with Crippen LogP contribution in [-0.4, -0.2) is 10.8 Å². The summed E-state index contributed by atoms with van der Waals surface area (Å²) in [6.45, 7) is 1.51. The quantitative estimate of drug-likeness (QED) is 0.670. The summed E-state index contributed by atoms with van der Waals surface area (Å²) < 4.78 is 0. The molecule has 2 rings (SSSR count). The van der Waals surface area contributed by atoms with Crippen molar-refractivity contribution < 1.29 is 4.79 Å². The lowest BCUT2D eigenvalue weighted by Crippen LogP contribution is -1.95. The van der Waals surface area contributed by atoms with Crippen LogP contribution in [0.15, 0.2) is 30.5 Å². The summed E-state index contributed by atoms with van der Waals surface area (Å²) in [5.74, 6) is -0.0174. The number of carbonyl (C=O) groups excluding carboxylic acids is 1. The first-order valence-corrected chi connectivity index (χ1v) is 4.61. The maximum absolute atomic E-state index is 11.3. The molecule has 0 saturated carbocycles. The molecule has 14 heavy (non-hydrogen) atoms. The van der Waals surface area contributed by atoms with Gasteiger partial charge in [0.1, 0.15) is 0 Å². The molecule has 0 spiro atoms. The van der Waals surface area contributed by atoms with Crippen LogP contribution >= 0.6 is 11.6 Å². The Labute approximate surface area is 86.5 Å². The molecule has 1 aromatic carbocycles. The van der Waals surface area contributed by atoms with Crippen molar-refractivity contribution in [1.29, 1.82) is 0 Å². The number of aromatic nitrogens is 1. The predicted molar refractivity (Wildman–Crippen MR) is 56.8 cm³/mol. The highest BCUT2D eigenvalue weighted by atomic mass is 35.5. The van der Waals surface area contributed by atoms with E-state index in [1.807, 2.05) is 12.1 Å². The van der Waals surface area contributed by atoms with Gasteiger partial charge >= 0.3 is 0 Å². The van der Waals surface area contributed by atoms with Crippen molar-refractivity contribution in [2.45, 2.75) is 6.92 Å². The van der Waals surface area contributed by atoms with E-state index >= 15 is 0 Å². The van der Waals surface area contributed by atoms with Gasteiger partial charge in [-0.15, -0.1) is 0 Å². The summed E-state index contributed by atoms with van der Waals surface area (Å²) in [5, 5.41) is 1.46. The third-order valence-corrected chi connectivity index (χ3v) is 2.27. The minimum atomic E-state index is -0.0174. The largest absolute Gasteiger partial charge is 0.294 e. The van der Waals surface area contributed by atoms with Crippen molar-refractivity contribution in [3.63, 3.8) is 0 Å². The lowest BCUT2D eigenvalue weighted by atomic mass is 10.1. The number of nitrogens with zero attached hydrogens (tertiary/aromatic N) is 1. The number of carbonyl (C=O) groups is 1. The molecule has 0 saturated heterocycles. The van der Waals surface area contributed by atoms with E-state index in [1.54, 1.807) is 18.3 Å². The molecule has 2 aromatic rings. The van der Waals surface area contributed by atoms with Crippen LogP contribution in [0, 0.1) is 0 Å². The molecule has 1 heterocycles. The van der Waals surface area contributed by atoms with Crippen molar-refractivity contribution >= 4 is 28.3 Å². The van der Waals surface area contributed by atoms with Gasteiger partial charge in [-0.1, -0.05) is 17.7 Å². The highest BCUT2D eigenvalue weighted by Gasteiger charge is 2.07. The molecule has 0 N–H and O–H groups in total. The second kappa shape index (κ2) is 3.39. The van der Waals surface area contributed by atoms with Crippen LogP contribution in [0.1, 0.15) is 17.3 Å². The Morgan fingerprint density at radius 2 is 2.21 bits per heavy atom. The minimum Gasteiger partial charge on any atom is -0.294 e. The van der Waals surface area contributed by atoms with Gasteiger partial charge in [0.15, 0.2) is 5.78 Å². The zero-order chi connectivity index (χ0) is 10.1. The lowest BCUT2D eigenvalue weighted by molar-refractivity contribution is 0.101. The van der Waals surface area contributed by atoms with E-state index in [4.69, 9.17) is 11.6 Å². The Morgan fingerprint density at radius 1 is 1.43 bits per heavy atom. The molecule has 0 atom stereocenters. The molecular formula is C11H8ClNO. The molecule has 70 valence electrons. The van der Waals surface area contributed by atoms with Gasteiger partial charge in [-0.25, -0.2) is 0 Å². The Bertz CT molecular complexity index is 508. The summed E-state index contributed by atoms with van der Waals surface area (Å²) >= 11 is 5.89. The Balaban J connectivity index is 2.87. The Hall–Kier alpha value is -1.41. The predicted octanol–water partition coefficient (Wildman–Crippen LogP) is 3.09. The van der Waals surface area contributed by atoms with E-state index in [-0.39, 0.29) is 5.78 Å². The summed E-state index contributed by atoms with van der Waals surface area (Å²) in [5.41, 5.74) is 1.29. The number of ketones is 1. The third-order valence-electron chi connectivity index (χ3n) is 2.05. The fourth-order valence-corrected chi connectivity index (χ4v) is 1.65. The zero-order valence-electron chi connectivity index (χ0n) is 7.62. The zero-order valence-corrected chi connectivity index (χ0v) is 8.38. The first kappa shape index (κ1) is 9.16. The molecule has 1 aromatic heterocycles. The van der Waals surface area contributed by atoms with E-state index in [9.17, 15) is 4.79 Å². The summed E-state index contributed by atoms with van der Waals surface area (Å²) in [7, 11) is 0. The maximum atomic E-state index is 11.3. The highest BCUT2D eigenvalue weighted by Crippen LogP contribution is 2.22. The summed E-state index contributed by atoms with van der Waals surface area (Å²) in [6.07, 6.45) is 1.67. The smallest absolute Gasteiger partial charge is 0.162 e. The van der Waals surface area contributed by atoms with E-state index in [2.05, 4.69) is 4.98 Å². The van der Waals surface area contributed by atoms with E-state index in [1.165, 1.54) is 6.92 Å². The van der Waals surface area contributed by atoms with Crippen LogP contribution in [-0.2, 0) is 0 Å². The molecular weight excluding hydrogens is 198 g/mol. The topological polar surface area (TPSA) is 30.0 Å². The van der Waals surface area contributed by atoms with Crippen LogP contribution in [0.2, 0.25) is 5.02 Å². The fraction of sp³-hybridized carbons (Fsp3) is 0.0909. The number of hydrogen-bond donors (Lipinski definition) is 0. The number of Topliss-reactive ketones (excluding diaryl/α,β-unsaturated/α-hetero) is 1. The van der Waals surface area contributed by atoms with Crippen molar-refractivity contribution in [2.75, 3.05) is 0 Å². The number of pyridine rings is 1. The summed E-state index contributed by atoms with van der Waals surface area (Å²) in [4.78, 5) is 15.5. The van der Waals surface area contributed by atoms with Crippen LogP contribution in [0.3, 0.4) is 0 Å². The van der Waals surface area contributed by atoms with Crippen molar-refractivity contribution in [2.24, 2.45) is 0 Å². The Kier molecular flexibility index (Phi) is 2.22. The Morgan fingerprint density at radius 3 is 2.93 bits per heavy atom. The molecule has 0 aliphatic heterocycles. The van der Waals surface area contributed by atoms with E-state index in [0.717, 1.165) is 5.39 Å². The van der Waals surface area contributed by atoms with E-state index < -0.39 is 0 Å². The van der Waals surface area contributed by atoms with Crippen LogP contribution in [0.5, 0.6) is 0 Å². The standard InChI is InChI=1S/C11H8ClNO/c1-7(14)10-6-9(12)5-8-3-2-4-13-11(8)10/h2-6H,1H3. The molecule has 0 aliphatic rings. The van der Waals surface area contributed by atoms with Crippen molar-refractivity contribution in [3.05, 3.63) is 41.0 Å². The first-order chi connectivity index (χ1) is 6.68.